The molecule has 8 nitrogen and oxygen atoms in total. The maximum absolute atomic E-state index is 13.2. The quantitative estimate of drug-likeness (QED) is 0.0679. The van der Waals surface area contributed by atoms with Crippen molar-refractivity contribution in [2.45, 2.75) is 25.7 Å². The van der Waals surface area contributed by atoms with Crippen LogP contribution in [0.15, 0.2) is 72.8 Å². The Morgan fingerprint density at radius 1 is 0.542 bits per heavy atom. The minimum absolute atomic E-state index is 0.0857. The first kappa shape index (κ1) is 37.3. The Kier molecular flexibility index (Phi) is 13.0. The molecule has 14 heteroatoms. The fraction of sp³-hybridized carbons (Fsp3) is 0.176. The van der Waals surface area contributed by atoms with Crippen molar-refractivity contribution in [2.75, 3.05) is 13.2 Å². The van der Waals surface area contributed by atoms with Crippen molar-refractivity contribution in [1.82, 2.24) is 0 Å². The Morgan fingerprint density at radius 2 is 0.875 bits per heavy atom. The highest BCUT2D eigenvalue weighted by molar-refractivity contribution is 6.47. The van der Waals surface area contributed by atoms with Gasteiger partial charge < -0.3 is 18.9 Å². The summed E-state index contributed by atoms with van der Waals surface area (Å²) in [5.74, 6) is -7.12. The molecule has 48 heavy (non-hydrogen) atoms. The maximum atomic E-state index is 13.2. The van der Waals surface area contributed by atoms with E-state index in [1.165, 1.54) is 0 Å². The molecule has 0 saturated heterocycles. The first-order chi connectivity index (χ1) is 22.8. The topological polar surface area (TPSA) is 105 Å². The molecule has 0 N–H and O–H groups in total. The number of esters is 4. The van der Waals surface area contributed by atoms with Crippen LogP contribution in [0, 0.1) is 0 Å². The van der Waals surface area contributed by atoms with E-state index < -0.39 is 46.5 Å². The zero-order valence-corrected chi connectivity index (χ0v) is 29.6. The first-order valence-electron chi connectivity index (χ1n) is 14.0. The van der Waals surface area contributed by atoms with Crippen molar-refractivity contribution in [3.8, 4) is 11.5 Å². The molecule has 4 aromatic carbocycles. The standard InChI is InChI=1S/C34H24Cl6O8/c1-17(19-9-5-3-6-10-19)15-45-31(41)25-27(39)21(35)13-23(37)29(25)47-33(43)34(44)48-30-24(38)14-22(36)28(40)26(30)32(42)46-16-18(2)20-11-7-4-8-12-20/h3-14,17-18H,15-16H2,1-2H3. The smallest absolute Gasteiger partial charge is 0.423 e. The van der Waals surface area contributed by atoms with Gasteiger partial charge in [-0.3, -0.25) is 0 Å². The maximum Gasteiger partial charge on any atom is 0.423 e. The van der Waals surface area contributed by atoms with Gasteiger partial charge in [-0.15, -0.1) is 0 Å². The van der Waals surface area contributed by atoms with E-state index in [0.717, 1.165) is 23.3 Å². The lowest BCUT2D eigenvalue weighted by Gasteiger charge is -2.17. The van der Waals surface area contributed by atoms with Crippen LogP contribution in [0.1, 0.15) is 57.5 Å². The molecule has 0 aromatic heterocycles. The Bertz CT molecular complexity index is 1720. The molecule has 0 radical (unpaired) electrons. The molecule has 0 aliphatic rings. The summed E-state index contributed by atoms with van der Waals surface area (Å²) >= 11 is 37.4. The lowest BCUT2D eigenvalue weighted by atomic mass is 10.0. The van der Waals surface area contributed by atoms with Gasteiger partial charge in [-0.2, -0.15) is 0 Å². The Morgan fingerprint density at radius 3 is 1.21 bits per heavy atom. The highest BCUT2D eigenvalue weighted by atomic mass is 35.5. The normalized spacial score (nSPS) is 12.1. The molecule has 0 amide bonds. The highest BCUT2D eigenvalue weighted by Crippen LogP contribution is 2.42. The number of ether oxygens (including phenoxy) is 4. The second kappa shape index (κ2) is 16.7. The summed E-state index contributed by atoms with van der Waals surface area (Å²) in [5.41, 5.74) is 0.759. The third kappa shape index (κ3) is 8.94. The second-order valence-electron chi connectivity index (χ2n) is 10.3. The van der Waals surface area contributed by atoms with Crippen molar-refractivity contribution >= 4 is 93.5 Å². The highest BCUT2D eigenvalue weighted by Gasteiger charge is 2.32. The minimum atomic E-state index is -1.68. The predicted molar refractivity (Wildman–Crippen MR) is 184 cm³/mol. The lowest BCUT2D eigenvalue weighted by Crippen LogP contribution is -2.27. The summed E-state index contributed by atoms with van der Waals surface area (Å²) in [6, 6.07) is 20.7. The lowest BCUT2D eigenvalue weighted by molar-refractivity contribution is -0.156. The molecule has 4 aromatic rings. The van der Waals surface area contributed by atoms with E-state index in [0.29, 0.717) is 0 Å². The van der Waals surface area contributed by atoms with E-state index in [1.807, 2.05) is 74.5 Å². The molecule has 0 heterocycles. The van der Waals surface area contributed by atoms with Crippen LogP contribution in [-0.2, 0) is 19.1 Å². The van der Waals surface area contributed by atoms with E-state index >= 15 is 0 Å². The number of benzene rings is 4. The van der Waals surface area contributed by atoms with Crippen molar-refractivity contribution < 1.29 is 38.1 Å². The van der Waals surface area contributed by atoms with Crippen LogP contribution in [0.25, 0.3) is 0 Å². The molecule has 0 saturated carbocycles. The molecule has 0 bridgehead atoms. The third-order valence-corrected chi connectivity index (χ3v) is 9.02. The number of rotatable bonds is 10. The van der Waals surface area contributed by atoms with Gasteiger partial charge in [0.2, 0.25) is 0 Å². The van der Waals surface area contributed by atoms with Crippen LogP contribution in [-0.4, -0.2) is 37.1 Å². The van der Waals surface area contributed by atoms with E-state index in [-0.39, 0.29) is 55.2 Å². The first-order valence-corrected chi connectivity index (χ1v) is 16.3. The molecule has 2 unspecified atom stereocenters. The van der Waals surface area contributed by atoms with Crippen LogP contribution in [0.3, 0.4) is 0 Å². The van der Waals surface area contributed by atoms with Crippen molar-refractivity contribution in [3.63, 3.8) is 0 Å². The Hall–Kier alpha value is -3.50. The molecule has 250 valence electrons. The van der Waals surface area contributed by atoms with Gasteiger partial charge in [0.25, 0.3) is 0 Å². The predicted octanol–water partition coefficient (Wildman–Crippen LogP) is 10.0. The van der Waals surface area contributed by atoms with Gasteiger partial charge >= 0.3 is 23.9 Å². The molecular formula is C34H24Cl6O8. The van der Waals surface area contributed by atoms with Crippen LogP contribution in [0.2, 0.25) is 30.1 Å². The van der Waals surface area contributed by atoms with E-state index in [1.54, 1.807) is 0 Å². The molecule has 0 aliphatic heterocycles. The number of halogens is 6. The van der Waals surface area contributed by atoms with Gasteiger partial charge in [-0.1, -0.05) is 144 Å². The molecule has 0 aliphatic carbocycles. The summed E-state index contributed by atoms with van der Waals surface area (Å²) in [6.07, 6.45) is 0. The zero-order chi connectivity index (χ0) is 35.1. The monoisotopic (exact) mass is 770 g/mol. The Labute approximate surface area is 305 Å². The van der Waals surface area contributed by atoms with E-state index in [2.05, 4.69) is 0 Å². The van der Waals surface area contributed by atoms with Gasteiger partial charge in [-0.25, -0.2) is 19.2 Å². The number of hydrogen-bond acceptors (Lipinski definition) is 8. The van der Waals surface area contributed by atoms with Crippen LogP contribution < -0.4 is 9.47 Å². The third-order valence-electron chi connectivity index (χ3n) is 6.88. The van der Waals surface area contributed by atoms with Gasteiger partial charge in [0.05, 0.1) is 43.3 Å². The van der Waals surface area contributed by atoms with Gasteiger partial charge in [0.15, 0.2) is 11.5 Å². The van der Waals surface area contributed by atoms with E-state index in [9.17, 15) is 19.2 Å². The van der Waals surface area contributed by atoms with Crippen molar-refractivity contribution in [1.29, 1.82) is 0 Å². The number of carbonyl (C=O) groups excluding carboxylic acids is 4. The molecule has 0 spiro atoms. The fourth-order valence-electron chi connectivity index (χ4n) is 4.29. The summed E-state index contributed by atoms with van der Waals surface area (Å²) < 4.78 is 21.2. The summed E-state index contributed by atoms with van der Waals surface area (Å²) in [5, 5.41) is -1.71. The summed E-state index contributed by atoms with van der Waals surface area (Å²) in [7, 11) is 0. The SMILES string of the molecule is CC(COC(=O)c1c(Cl)c(Cl)cc(Cl)c1OC(=O)C(=O)Oc1c(Cl)cc(Cl)c(Cl)c1C(=O)OCC(C)c1ccccc1)c1ccccc1. The van der Waals surface area contributed by atoms with Crippen LogP contribution in [0.5, 0.6) is 11.5 Å². The second-order valence-corrected chi connectivity index (χ2v) is 12.7. The average Bonchev–Trinajstić information content (AvgIpc) is 3.07. The molecular weight excluding hydrogens is 749 g/mol. The molecule has 0 fully saturated rings. The van der Waals surface area contributed by atoms with E-state index in [4.69, 9.17) is 88.6 Å². The molecule has 2 atom stereocenters. The van der Waals surface area contributed by atoms with Gasteiger partial charge in [0, 0.05) is 11.8 Å². The van der Waals surface area contributed by atoms with Crippen LogP contribution >= 0.6 is 69.6 Å². The number of hydrogen-bond donors (Lipinski definition) is 0. The average molecular weight is 773 g/mol. The van der Waals surface area contributed by atoms with Gasteiger partial charge in [-0.05, 0) is 23.3 Å². The fourth-order valence-corrected chi connectivity index (χ4v) is 5.73. The zero-order valence-electron chi connectivity index (χ0n) is 25.0. The van der Waals surface area contributed by atoms with Crippen molar-refractivity contribution in [3.05, 3.63) is 125 Å². The van der Waals surface area contributed by atoms with Crippen LogP contribution in [0.4, 0.5) is 0 Å². The van der Waals surface area contributed by atoms with Crippen molar-refractivity contribution in [2.24, 2.45) is 0 Å². The Balaban J connectivity index is 1.54. The van der Waals surface area contributed by atoms with Gasteiger partial charge in [0.1, 0.15) is 11.1 Å². The number of carbonyl (C=O) groups is 4. The molecule has 4 rings (SSSR count). The largest absolute Gasteiger partial charge is 0.461 e. The summed E-state index contributed by atoms with van der Waals surface area (Å²) in [6.45, 7) is 3.48. The minimum Gasteiger partial charge on any atom is -0.461 e. The summed E-state index contributed by atoms with van der Waals surface area (Å²) in [4.78, 5) is 52.4.